The quantitative estimate of drug-likeness (QED) is 0.891. The first-order valence-corrected chi connectivity index (χ1v) is 8.46. The minimum absolute atomic E-state index is 0.294. The standard InChI is InChI=1S/C18H23FN4O2/c1-13-16(11-21-23(13)15-7-5-14(19)6-8-15)22-17(24)20-12-18(2)9-3-4-10-25-18/h5-8,11H,3-4,9-10,12H2,1-2H3,(H2,20,22,24). The number of hydrogen-bond donors (Lipinski definition) is 2. The molecule has 1 atom stereocenters. The molecule has 0 saturated carbocycles. The number of hydrogen-bond acceptors (Lipinski definition) is 3. The predicted molar refractivity (Wildman–Crippen MR) is 93.5 cm³/mol. The highest BCUT2D eigenvalue weighted by atomic mass is 19.1. The number of anilines is 1. The number of amides is 2. The molecule has 25 heavy (non-hydrogen) atoms. The second-order valence-corrected chi connectivity index (χ2v) is 6.60. The van der Waals surface area contributed by atoms with Crippen LogP contribution in [0.4, 0.5) is 14.9 Å². The van der Waals surface area contributed by atoms with Gasteiger partial charge in [-0.1, -0.05) is 0 Å². The Labute approximate surface area is 146 Å². The third-order valence-corrected chi connectivity index (χ3v) is 4.50. The van der Waals surface area contributed by atoms with Gasteiger partial charge in [-0.2, -0.15) is 5.10 Å². The summed E-state index contributed by atoms with van der Waals surface area (Å²) in [5.74, 6) is -0.301. The molecule has 6 nitrogen and oxygen atoms in total. The smallest absolute Gasteiger partial charge is 0.319 e. The minimum Gasteiger partial charge on any atom is -0.373 e. The van der Waals surface area contributed by atoms with E-state index in [1.165, 1.54) is 12.1 Å². The van der Waals surface area contributed by atoms with E-state index in [1.807, 2.05) is 13.8 Å². The van der Waals surface area contributed by atoms with E-state index in [-0.39, 0.29) is 17.4 Å². The Bertz CT molecular complexity index is 736. The van der Waals surface area contributed by atoms with Crippen LogP contribution in [0.1, 0.15) is 31.9 Å². The highest BCUT2D eigenvalue weighted by Gasteiger charge is 2.28. The lowest BCUT2D eigenvalue weighted by Gasteiger charge is -2.33. The van der Waals surface area contributed by atoms with E-state index in [2.05, 4.69) is 15.7 Å². The van der Waals surface area contributed by atoms with Gasteiger partial charge < -0.3 is 15.4 Å². The van der Waals surface area contributed by atoms with E-state index in [9.17, 15) is 9.18 Å². The number of halogens is 1. The first-order chi connectivity index (χ1) is 12.0. The van der Waals surface area contributed by atoms with E-state index in [4.69, 9.17) is 4.74 Å². The number of carbonyl (C=O) groups excluding carboxylic acids is 1. The molecule has 0 aliphatic carbocycles. The molecule has 1 saturated heterocycles. The fourth-order valence-corrected chi connectivity index (χ4v) is 2.94. The lowest BCUT2D eigenvalue weighted by atomic mass is 9.96. The van der Waals surface area contributed by atoms with Crippen molar-refractivity contribution in [3.05, 3.63) is 42.0 Å². The molecule has 0 radical (unpaired) electrons. The van der Waals surface area contributed by atoms with E-state index >= 15 is 0 Å². The topological polar surface area (TPSA) is 68.2 Å². The monoisotopic (exact) mass is 346 g/mol. The number of carbonyl (C=O) groups is 1. The predicted octanol–water partition coefficient (Wildman–Crippen LogP) is 3.40. The van der Waals surface area contributed by atoms with Gasteiger partial charge in [0.05, 0.1) is 28.9 Å². The maximum Gasteiger partial charge on any atom is 0.319 e. The van der Waals surface area contributed by atoms with Crippen LogP contribution in [0.5, 0.6) is 0 Å². The summed E-state index contributed by atoms with van der Waals surface area (Å²) in [6.45, 7) is 5.06. The fourth-order valence-electron chi connectivity index (χ4n) is 2.94. The van der Waals surface area contributed by atoms with Crippen molar-refractivity contribution in [3.8, 4) is 5.69 Å². The van der Waals surface area contributed by atoms with E-state index < -0.39 is 0 Å². The van der Waals surface area contributed by atoms with Gasteiger partial charge in [-0.3, -0.25) is 0 Å². The van der Waals surface area contributed by atoms with Crippen molar-refractivity contribution in [1.82, 2.24) is 15.1 Å². The van der Waals surface area contributed by atoms with E-state index in [0.717, 1.165) is 37.3 Å². The van der Waals surface area contributed by atoms with Gasteiger partial charge in [-0.25, -0.2) is 13.9 Å². The van der Waals surface area contributed by atoms with E-state index in [0.29, 0.717) is 12.2 Å². The Balaban J connectivity index is 1.61. The minimum atomic E-state index is -0.303. The third kappa shape index (κ3) is 4.17. The van der Waals surface area contributed by atoms with Crippen LogP contribution < -0.4 is 10.6 Å². The van der Waals surface area contributed by atoms with Gasteiger partial charge in [-0.05, 0) is 57.4 Å². The van der Waals surface area contributed by atoms with Crippen LogP contribution >= 0.6 is 0 Å². The van der Waals surface area contributed by atoms with Gasteiger partial charge in [-0.15, -0.1) is 0 Å². The summed E-state index contributed by atoms with van der Waals surface area (Å²) in [5, 5.41) is 9.93. The molecule has 1 unspecified atom stereocenters. The van der Waals surface area contributed by atoms with Crippen molar-refractivity contribution in [3.63, 3.8) is 0 Å². The zero-order chi connectivity index (χ0) is 17.9. The van der Waals surface area contributed by atoms with Crippen LogP contribution in [-0.4, -0.2) is 34.6 Å². The van der Waals surface area contributed by atoms with Crippen LogP contribution in [0, 0.1) is 12.7 Å². The van der Waals surface area contributed by atoms with Crippen molar-refractivity contribution in [1.29, 1.82) is 0 Å². The SMILES string of the molecule is Cc1c(NC(=O)NCC2(C)CCCCO2)cnn1-c1ccc(F)cc1. The molecule has 2 heterocycles. The largest absolute Gasteiger partial charge is 0.373 e. The van der Waals surface area contributed by atoms with Gasteiger partial charge in [0.2, 0.25) is 0 Å². The summed E-state index contributed by atoms with van der Waals surface area (Å²) in [7, 11) is 0. The first kappa shape index (κ1) is 17.4. The Morgan fingerprint density at radius 1 is 1.36 bits per heavy atom. The Hall–Kier alpha value is -2.41. The molecule has 3 rings (SSSR count). The van der Waals surface area contributed by atoms with Crippen molar-refractivity contribution in [2.24, 2.45) is 0 Å². The normalized spacial score (nSPS) is 20.3. The number of rotatable bonds is 4. The second-order valence-electron chi connectivity index (χ2n) is 6.60. The summed E-state index contributed by atoms with van der Waals surface area (Å²) < 4.78 is 20.5. The number of benzene rings is 1. The maximum atomic E-state index is 13.0. The summed E-state index contributed by atoms with van der Waals surface area (Å²) >= 11 is 0. The Morgan fingerprint density at radius 3 is 2.80 bits per heavy atom. The Kier molecular flexibility index (Phi) is 5.03. The molecule has 7 heteroatoms. The molecule has 0 bridgehead atoms. The molecule has 134 valence electrons. The number of nitrogens with zero attached hydrogens (tertiary/aromatic N) is 2. The summed E-state index contributed by atoms with van der Waals surface area (Å²) in [5.41, 5.74) is 1.80. The fraction of sp³-hybridized carbons (Fsp3) is 0.444. The molecule has 2 aromatic rings. The van der Waals surface area contributed by atoms with E-state index in [1.54, 1.807) is 23.0 Å². The van der Waals surface area contributed by atoms with Gasteiger partial charge in [0.1, 0.15) is 5.82 Å². The molecule has 2 N–H and O–H groups in total. The van der Waals surface area contributed by atoms with Crippen molar-refractivity contribution < 1.29 is 13.9 Å². The molecule has 0 spiro atoms. The van der Waals surface area contributed by atoms with Crippen LogP contribution in [-0.2, 0) is 4.74 Å². The van der Waals surface area contributed by atoms with Crippen molar-refractivity contribution >= 4 is 11.7 Å². The lowest BCUT2D eigenvalue weighted by Crippen LogP contribution is -2.45. The number of ether oxygens (including phenoxy) is 1. The Morgan fingerprint density at radius 2 is 2.12 bits per heavy atom. The van der Waals surface area contributed by atoms with Crippen LogP contribution in [0.3, 0.4) is 0 Å². The highest BCUT2D eigenvalue weighted by molar-refractivity contribution is 5.89. The summed E-state index contributed by atoms with van der Waals surface area (Å²) in [6.07, 6.45) is 4.71. The molecular formula is C18H23FN4O2. The van der Waals surface area contributed by atoms with Gasteiger partial charge in [0, 0.05) is 13.2 Å². The number of nitrogens with one attached hydrogen (secondary N) is 2. The van der Waals surface area contributed by atoms with Crippen LogP contribution in [0.2, 0.25) is 0 Å². The van der Waals surface area contributed by atoms with Crippen LogP contribution in [0.15, 0.2) is 30.5 Å². The maximum absolute atomic E-state index is 13.0. The van der Waals surface area contributed by atoms with Crippen molar-refractivity contribution in [2.45, 2.75) is 38.7 Å². The third-order valence-electron chi connectivity index (χ3n) is 4.50. The van der Waals surface area contributed by atoms with Gasteiger partial charge >= 0.3 is 6.03 Å². The average molecular weight is 346 g/mol. The summed E-state index contributed by atoms with van der Waals surface area (Å²) in [4.78, 5) is 12.2. The molecular weight excluding hydrogens is 323 g/mol. The number of urea groups is 1. The zero-order valence-electron chi connectivity index (χ0n) is 14.5. The van der Waals surface area contributed by atoms with Crippen molar-refractivity contribution in [2.75, 3.05) is 18.5 Å². The second kappa shape index (κ2) is 7.23. The lowest BCUT2D eigenvalue weighted by molar-refractivity contribution is -0.0612. The van der Waals surface area contributed by atoms with Gasteiger partial charge in [0.25, 0.3) is 0 Å². The molecule has 2 amide bonds. The molecule has 1 aliphatic rings. The molecule has 1 aromatic heterocycles. The highest BCUT2D eigenvalue weighted by Crippen LogP contribution is 2.23. The zero-order valence-corrected chi connectivity index (χ0v) is 14.5. The van der Waals surface area contributed by atoms with Crippen LogP contribution in [0.25, 0.3) is 5.69 Å². The summed E-state index contributed by atoms with van der Waals surface area (Å²) in [6, 6.07) is 5.74. The molecule has 1 aliphatic heterocycles. The number of aromatic nitrogens is 2. The average Bonchev–Trinajstić information content (AvgIpc) is 2.95. The molecule has 1 fully saturated rings. The first-order valence-electron chi connectivity index (χ1n) is 8.46. The molecule has 1 aromatic carbocycles. The van der Waals surface area contributed by atoms with Gasteiger partial charge in [0.15, 0.2) is 0 Å².